The number of halogens is 1. The largest absolute Gasteiger partial charge is 0.356 e. The summed E-state index contributed by atoms with van der Waals surface area (Å²) in [7, 11) is 0. The number of rotatable bonds is 3. The lowest BCUT2D eigenvalue weighted by Crippen LogP contribution is -1.94. The van der Waals surface area contributed by atoms with Crippen molar-refractivity contribution in [1.82, 2.24) is 15.1 Å². The monoisotopic (exact) mass is 341 g/mol. The van der Waals surface area contributed by atoms with Gasteiger partial charge in [-0.15, -0.1) is 0 Å². The van der Waals surface area contributed by atoms with E-state index in [4.69, 9.17) is 4.52 Å². The first kappa shape index (κ1) is 12.6. The van der Waals surface area contributed by atoms with E-state index in [9.17, 15) is 0 Å². The van der Waals surface area contributed by atoms with Gasteiger partial charge in [0.1, 0.15) is 5.82 Å². The maximum Gasteiger partial charge on any atom is 0.167 e. The Balaban J connectivity index is 1.61. The number of nitrogens with one attached hydrogen (secondary N) is 1. The van der Waals surface area contributed by atoms with E-state index in [0.717, 1.165) is 50.8 Å². The van der Waals surface area contributed by atoms with Crippen LogP contribution in [0.3, 0.4) is 0 Å². The third-order valence-electron chi connectivity index (χ3n) is 3.54. The molecule has 4 nitrogen and oxygen atoms in total. The van der Waals surface area contributed by atoms with Gasteiger partial charge >= 0.3 is 0 Å². The lowest BCUT2D eigenvalue weighted by molar-refractivity contribution is 0.445. The van der Waals surface area contributed by atoms with Gasteiger partial charge in [0.15, 0.2) is 5.58 Å². The second kappa shape index (κ2) is 5.00. The van der Waals surface area contributed by atoms with E-state index in [1.807, 2.05) is 42.5 Å². The molecule has 0 fully saturated rings. The standard InChI is InChI=1S/C16H12BrN3O/c17-10-5-7-15-11(9-10)12(20-21-15)6-8-16-18-13-3-1-2-4-14(13)19-16/h1-5,7,9H,6,8H2,(H,18,19). The number of para-hydroxylation sites is 2. The normalized spacial score (nSPS) is 11.5. The minimum atomic E-state index is 0.795. The number of imidazole rings is 1. The Labute approximate surface area is 129 Å². The van der Waals surface area contributed by atoms with Crippen LogP contribution in [-0.2, 0) is 12.8 Å². The predicted molar refractivity (Wildman–Crippen MR) is 85.2 cm³/mol. The lowest BCUT2D eigenvalue weighted by atomic mass is 10.1. The van der Waals surface area contributed by atoms with Crippen molar-refractivity contribution in [3.8, 4) is 0 Å². The first-order valence-corrected chi connectivity index (χ1v) is 7.56. The number of fused-ring (bicyclic) bond motifs is 2. The fourth-order valence-electron chi connectivity index (χ4n) is 2.50. The molecule has 0 amide bonds. The van der Waals surface area contributed by atoms with Crippen LogP contribution in [0.2, 0.25) is 0 Å². The van der Waals surface area contributed by atoms with Crippen LogP contribution in [0.1, 0.15) is 11.5 Å². The number of hydrogen-bond acceptors (Lipinski definition) is 3. The first-order chi connectivity index (χ1) is 10.3. The fraction of sp³-hybridized carbons (Fsp3) is 0.125. The maximum atomic E-state index is 5.35. The molecule has 0 saturated heterocycles. The van der Waals surface area contributed by atoms with E-state index in [1.54, 1.807) is 0 Å². The molecule has 2 heterocycles. The average Bonchev–Trinajstić information content (AvgIpc) is 3.07. The van der Waals surface area contributed by atoms with E-state index in [-0.39, 0.29) is 0 Å². The van der Waals surface area contributed by atoms with Crippen LogP contribution in [0.25, 0.3) is 22.0 Å². The molecule has 0 radical (unpaired) electrons. The molecular weight excluding hydrogens is 330 g/mol. The van der Waals surface area contributed by atoms with Gasteiger partial charge in [0.25, 0.3) is 0 Å². The van der Waals surface area contributed by atoms with Crippen molar-refractivity contribution in [1.29, 1.82) is 0 Å². The zero-order valence-corrected chi connectivity index (χ0v) is 12.7. The number of benzene rings is 2. The molecule has 0 bridgehead atoms. The topological polar surface area (TPSA) is 54.7 Å². The SMILES string of the molecule is Brc1ccc2onc(CCc3nc4ccccc4[nH]3)c2c1. The van der Waals surface area contributed by atoms with Gasteiger partial charge in [-0.05, 0) is 30.3 Å². The van der Waals surface area contributed by atoms with Gasteiger partial charge < -0.3 is 9.51 Å². The van der Waals surface area contributed by atoms with Crippen LogP contribution in [-0.4, -0.2) is 15.1 Å². The van der Waals surface area contributed by atoms with E-state index in [2.05, 4.69) is 31.1 Å². The van der Waals surface area contributed by atoms with Gasteiger partial charge in [-0.1, -0.05) is 33.2 Å². The average molecular weight is 342 g/mol. The van der Waals surface area contributed by atoms with Crippen molar-refractivity contribution in [3.05, 3.63) is 58.5 Å². The highest BCUT2D eigenvalue weighted by atomic mass is 79.9. The Morgan fingerprint density at radius 1 is 1.10 bits per heavy atom. The zero-order valence-electron chi connectivity index (χ0n) is 11.1. The molecule has 5 heteroatoms. The Kier molecular flexibility index (Phi) is 3.00. The molecule has 1 N–H and O–H groups in total. The molecular formula is C16H12BrN3O. The molecule has 4 aromatic rings. The molecule has 0 unspecified atom stereocenters. The molecule has 0 aliphatic carbocycles. The Morgan fingerprint density at radius 3 is 2.90 bits per heavy atom. The third-order valence-corrected chi connectivity index (χ3v) is 4.04. The van der Waals surface area contributed by atoms with Crippen LogP contribution < -0.4 is 0 Å². The summed E-state index contributed by atoms with van der Waals surface area (Å²) in [6.45, 7) is 0. The van der Waals surface area contributed by atoms with Gasteiger partial charge in [0.2, 0.25) is 0 Å². The number of nitrogens with zero attached hydrogens (tertiary/aromatic N) is 2. The molecule has 2 aromatic carbocycles. The highest BCUT2D eigenvalue weighted by Crippen LogP contribution is 2.24. The van der Waals surface area contributed by atoms with Crippen LogP contribution in [0.15, 0.2) is 51.5 Å². The number of aryl methyl sites for hydroxylation is 2. The molecule has 2 aromatic heterocycles. The van der Waals surface area contributed by atoms with Gasteiger partial charge in [0, 0.05) is 22.7 Å². The van der Waals surface area contributed by atoms with Gasteiger partial charge in [0.05, 0.1) is 16.7 Å². The summed E-state index contributed by atoms with van der Waals surface area (Å²) in [6.07, 6.45) is 1.60. The highest BCUT2D eigenvalue weighted by molar-refractivity contribution is 9.10. The van der Waals surface area contributed by atoms with Gasteiger partial charge in [-0.2, -0.15) is 0 Å². The molecule has 4 rings (SSSR count). The van der Waals surface area contributed by atoms with Crippen LogP contribution in [0.5, 0.6) is 0 Å². The molecule has 21 heavy (non-hydrogen) atoms. The summed E-state index contributed by atoms with van der Waals surface area (Å²) in [5, 5.41) is 5.22. The molecule has 0 aliphatic rings. The molecule has 0 saturated carbocycles. The van der Waals surface area contributed by atoms with Crippen LogP contribution >= 0.6 is 15.9 Å². The Bertz CT molecular complexity index is 892. The Hall–Kier alpha value is -2.14. The van der Waals surface area contributed by atoms with E-state index >= 15 is 0 Å². The van der Waals surface area contributed by atoms with Crippen LogP contribution in [0, 0.1) is 0 Å². The molecule has 0 atom stereocenters. The Morgan fingerprint density at radius 2 is 2.00 bits per heavy atom. The lowest BCUT2D eigenvalue weighted by Gasteiger charge is -1.95. The van der Waals surface area contributed by atoms with Crippen molar-refractivity contribution in [2.75, 3.05) is 0 Å². The fourth-order valence-corrected chi connectivity index (χ4v) is 2.86. The van der Waals surface area contributed by atoms with E-state index in [0.29, 0.717) is 0 Å². The maximum absolute atomic E-state index is 5.35. The number of hydrogen-bond donors (Lipinski definition) is 1. The zero-order chi connectivity index (χ0) is 14.2. The van der Waals surface area contributed by atoms with Crippen molar-refractivity contribution >= 4 is 37.9 Å². The van der Waals surface area contributed by atoms with Crippen LogP contribution in [0.4, 0.5) is 0 Å². The summed E-state index contributed by atoms with van der Waals surface area (Å²) in [4.78, 5) is 7.93. The van der Waals surface area contributed by atoms with E-state index in [1.165, 1.54) is 0 Å². The van der Waals surface area contributed by atoms with Gasteiger partial charge in [-0.3, -0.25) is 0 Å². The predicted octanol–water partition coefficient (Wildman–Crippen LogP) is 4.25. The van der Waals surface area contributed by atoms with Gasteiger partial charge in [-0.25, -0.2) is 4.98 Å². The van der Waals surface area contributed by atoms with Crippen molar-refractivity contribution in [2.24, 2.45) is 0 Å². The minimum Gasteiger partial charge on any atom is -0.356 e. The van der Waals surface area contributed by atoms with Crippen molar-refractivity contribution < 1.29 is 4.52 Å². The minimum absolute atomic E-state index is 0.795. The summed E-state index contributed by atoms with van der Waals surface area (Å²) in [5.41, 5.74) is 3.85. The highest BCUT2D eigenvalue weighted by Gasteiger charge is 2.10. The summed E-state index contributed by atoms with van der Waals surface area (Å²) in [6, 6.07) is 14.0. The summed E-state index contributed by atoms with van der Waals surface area (Å²) in [5.74, 6) is 0.974. The molecule has 0 spiro atoms. The molecule has 104 valence electrons. The summed E-state index contributed by atoms with van der Waals surface area (Å²) >= 11 is 3.48. The molecule has 0 aliphatic heterocycles. The third kappa shape index (κ3) is 2.34. The number of H-pyrrole nitrogens is 1. The van der Waals surface area contributed by atoms with Crippen molar-refractivity contribution in [3.63, 3.8) is 0 Å². The van der Waals surface area contributed by atoms with E-state index < -0.39 is 0 Å². The first-order valence-electron chi connectivity index (χ1n) is 6.77. The number of aromatic nitrogens is 3. The van der Waals surface area contributed by atoms with Crippen molar-refractivity contribution in [2.45, 2.75) is 12.8 Å². The number of aromatic amines is 1. The smallest absolute Gasteiger partial charge is 0.167 e. The second-order valence-electron chi connectivity index (χ2n) is 4.97. The quantitative estimate of drug-likeness (QED) is 0.605. The summed E-state index contributed by atoms with van der Waals surface area (Å²) < 4.78 is 6.38. The second-order valence-corrected chi connectivity index (χ2v) is 5.89.